The third-order valence-corrected chi connectivity index (χ3v) is 6.74. The first-order valence-corrected chi connectivity index (χ1v) is 13.4. The Morgan fingerprint density at radius 1 is 0.912 bits per heavy atom. The predicted octanol–water partition coefficient (Wildman–Crippen LogP) is 3.83. The topological polar surface area (TPSA) is 86.8 Å². The summed E-state index contributed by atoms with van der Waals surface area (Å²) in [6, 6.07) is 14.0. The van der Waals surface area contributed by atoms with Gasteiger partial charge in [0.05, 0.1) is 11.9 Å². The van der Waals surface area contributed by atoms with Gasteiger partial charge < -0.3 is 10.2 Å². The Balaban J connectivity index is 2.37. The zero-order valence-electron chi connectivity index (χ0n) is 21.2. The Bertz CT molecular complexity index is 1080. The summed E-state index contributed by atoms with van der Waals surface area (Å²) >= 11 is 0. The molecule has 0 saturated heterocycles. The molecular weight excluding hydrogens is 450 g/mol. The van der Waals surface area contributed by atoms with Crippen LogP contribution in [0.3, 0.4) is 0 Å². The van der Waals surface area contributed by atoms with E-state index in [0.717, 1.165) is 27.3 Å². The normalized spacial score (nSPS) is 12.5. The molecule has 0 aliphatic carbocycles. The summed E-state index contributed by atoms with van der Waals surface area (Å²) in [6.07, 6.45) is 1.08. The lowest BCUT2D eigenvalue weighted by Gasteiger charge is -2.32. The molecule has 34 heavy (non-hydrogen) atoms. The minimum atomic E-state index is -3.74. The Labute approximate surface area is 204 Å². The number of hydrogen-bond acceptors (Lipinski definition) is 4. The van der Waals surface area contributed by atoms with Gasteiger partial charge in [0.25, 0.3) is 0 Å². The molecule has 2 aromatic rings. The number of anilines is 1. The minimum absolute atomic E-state index is 0.0849. The molecule has 0 aromatic heterocycles. The second-order valence-electron chi connectivity index (χ2n) is 9.36. The van der Waals surface area contributed by atoms with Gasteiger partial charge in [0.1, 0.15) is 12.6 Å². The Hall–Kier alpha value is -2.87. The zero-order chi connectivity index (χ0) is 25.6. The van der Waals surface area contributed by atoms with E-state index in [1.165, 1.54) is 4.90 Å². The number of amides is 2. The van der Waals surface area contributed by atoms with Gasteiger partial charge in [-0.05, 0) is 56.9 Å². The molecule has 186 valence electrons. The molecule has 2 aromatic carbocycles. The van der Waals surface area contributed by atoms with Gasteiger partial charge in [-0.1, -0.05) is 55.8 Å². The van der Waals surface area contributed by atoms with Crippen LogP contribution in [0.1, 0.15) is 57.2 Å². The number of aryl methyl sites for hydroxylation is 1. The number of rotatable bonds is 10. The summed E-state index contributed by atoms with van der Waals surface area (Å²) in [5.74, 6) is -0.444. The van der Waals surface area contributed by atoms with E-state index in [9.17, 15) is 18.0 Å². The zero-order valence-corrected chi connectivity index (χ0v) is 22.0. The maximum atomic E-state index is 13.5. The number of carbonyl (C=O) groups is 2. The molecule has 8 heteroatoms. The van der Waals surface area contributed by atoms with Crippen LogP contribution in [0.25, 0.3) is 0 Å². The van der Waals surface area contributed by atoms with Crippen LogP contribution in [0.2, 0.25) is 0 Å². The van der Waals surface area contributed by atoms with E-state index >= 15 is 0 Å². The molecule has 0 radical (unpaired) electrons. The second kappa shape index (κ2) is 11.5. The van der Waals surface area contributed by atoms with Crippen LogP contribution < -0.4 is 9.62 Å². The van der Waals surface area contributed by atoms with Crippen molar-refractivity contribution in [3.05, 3.63) is 65.2 Å². The number of hydrogen-bond donors (Lipinski definition) is 1. The highest BCUT2D eigenvalue weighted by Gasteiger charge is 2.30. The number of carbonyl (C=O) groups excluding carboxylic acids is 2. The summed E-state index contributed by atoms with van der Waals surface area (Å²) in [5, 5.41) is 2.84. The first-order valence-electron chi connectivity index (χ1n) is 11.5. The Morgan fingerprint density at radius 3 is 1.94 bits per heavy atom. The van der Waals surface area contributed by atoms with E-state index in [1.807, 2.05) is 57.2 Å². The van der Waals surface area contributed by atoms with Gasteiger partial charge in [0.2, 0.25) is 21.8 Å². The standard InChI is InChI=1S/C26H37N3O4S/c1-18(2)23-12-14-24(15-13-23)29(34(7,32)33)17-25(30)28(21(6)26(31)27-19(3)4)16-22-10-8-20(5)9-11-22/h8-15,18-19,21H,16-17H2,1-7H3,(H,27,31)/t21-/m0/s1. The van der Waals surface area contributed by atoms with E-state index in [4.69, 9.17) is 0 Å². The van der Waals surface area contributed by atoms with Crippen LogP contribution in [0.15, 0.2) is 48.5 Å². The fourth-order valence-corrected chi connectivity index (χ4v) is 4.37. The van der Waals surface area contributed by atoms with Crippen molar-refractivity contribution in [3.8, 4) is 0 Å². The lowest BCUT2D eigenvalue weighted by Crippen LogP contribution is -2.52. The van der Waals surface area contributed by atoms with Crippen LogP contribution in [0.5, 0.6) is 0 Å². The molecule has 0 fully saturated rings. The number of benzene rings is 2. The van der Waals surface area contributed by atoms with Crippen LogP contribution in [-0.2, 0) is 26.2 Å². The minimum Gasteiger partial charge on any atom is -0.352 e. The molecule has 7 nitrogen and oxygen atoms in total. The van der Waals surface area contributed by atoms with E-state index in [-0.39, 0.29) is 18.5 Å². The molecule has 0 aliphatic rings. The Kier molecular flexibility index (Phi) is 9.27. The number of sulfonamides is 1. The summed E-state index contributed by atoms with van der Waals surface area (Å²) in [7, 11) is -3.74. The molecule has 0 saturated carbocycles. The van der Waals surface area contributed by atoms with Crippen molar-refractivity contribution in [2.24, 2.45) is 0 Å². The fraction of sp³-hybridized carbons (Fsp3) is 0.462. The summed E-state index contributed by atoms with van der Waals surface area (Å²) in [5.41, 5.74) is 3.42. The summed E-state index contributed by atoms with van der Waals surface area (Å²) < 4.78 is 26.4. The summed E-state index contributed by atoms with van der Waals surface area (Å²) in [4.78, 5) is 27.7. The fourth-order valence-electron chi connectivity index (χ4n) is 3.52. The van der Waals surface area contributed by atoms with E-state index < -0.39 is 28.5 Å². The van der Waals surface area contributed by atoms with Crippen molar-refractivity contribution in [3.63, 3.8) is 0 Å². The molecule has 0 unspecified atom stereocenters. The maximum Gasteiger partial charge on any atom is 0.244 e. The van der Waals surface area contributed by atoms with Gasteiger partial charge in [0, 0.05) is 12.6 Å². The largest absolute Gasteiger partial charge is 0.352 e. The van der Waals surface area contributed by atoms with Gasteiger partial charge >= 0.3 is 0 Å². The highest BCUT2D eigenvalue weighted by atomic mass is 32.2. The average molecular weight is 488 g/mol. The average Bonchev–Trinajstić information content (AvgIpc) is 2.75. The SMILES string of the molecule is Cc1ccc(CN(C(=O)CN(c2ccc(C(C)C)cc2)S(C)(=O)=O)[C@@H](C)C(=O)NC(C)C)cc1. The predicted molar refractivity (Wildman–Crippen MR) is 137 cm³/mol. The molecule has 0 spiro atoms. The first kappa shape index (κ1) is 27.4. The van der Waals surface area contributed by atoms with E-state index in [0.29, 0.717) is 11.6 Å². The molecule has 0 aliphatic heterocycles. The van der Waals surface area contributed by atoms with Gasteiger partial charge in [-0.15, -0.1) is 0 Å². The van der Waals surface area contributed by atoms with Crippen LogP contribution in [-0.4, -0.2) is 50.0 Å². The lowest BCUT2D eigenvalue weighted by molar-refractivity contribution is -0.139. The quantitative estimate of drug-likeness (QED) is 0.552. The molecule has 0 bridgehead atoms. The maximum absolute atomic E-state index is 13.5. The molecule has 1 atom stereocenters. The molecular formula is C26H37N3O4S. The Morgan fingerprint density at radius 2 is 1.47 bits per heavy atom. The van der Waals surface area contributed by atoms with Gasteiger partial charge in [-0.2, -0.15) is 0 Å². The van der Waals surface area contributed by atoms with Crippen molar-refractivity contribution < 1.29 is 18.0 Å². The van der Waals surface area contributed by atoms with Gasteiger partial charge in [0.15, 0.2) is 0 Å². The third kappa shape index (κ3) is 7.58. The molecule has 1 N–H and O–H groups in total. The molecule has 0 heterocycles. The first-order chi connectivity index (χ1) is 15.8. The molecule has 2 rings (SSSR count). The highest BCUT2D eigenvalue weighted by Crippen LogP contribution is 2.23. The van der Waals surface area contributed by atoms with Crippen LogP contribution >= 0.6 is 0 Å². The van der Waals surface area contributed by atoms with E-state index in [2.05, 4.69) is 19.2 Å². The lowest BCUT2D eigenvalue weighted by atomic mass is 10.0. The smallest absolute Gasteiger partial charge is 0.244 e. The van der Waals surface area contributed by atoms with Crippen molar-refractivity contribution in [1.82, 2.24) is 10.2 Å². The van der Waals surface area contributed by atoms with Crippen LogP contribution in [0, 0.1) is 6.92 Å². The monoisotopic (exact) mass is 487 g/mol. The highest BCUT2D eigenvalue weighted by molar-refractivity contribution is 7.92. The van der Waals surface area contributed by atoms with Crippen molar-refractivity contribution in [2.75, 3.05) is 17.1 Å². The second-order valence-corrected chi connectivity index (χ2v) is 11.3. The molecule has 2 amide bonds. The van der Waals surface area contributed by atoms with Crippen molar-refractivity contribution >= 4 is 27.5 Å². The van der Waals surface area contributed by atoms with Crippen molar-refractivity contribution in [2.45, 2.75) is 66.1 Å². The van der Waals surface area contributed by atoms with Crippen molar-refractivity contribution in [1.29, 1.82) is 0 Å². The van der Waals surface area contributed by atoms with Crippen LogP contribution in [0.4, 0.5) is 5.69 Å². The summed E-state index contributed by atoms with van der Waals surface area (Å²) in [6.45, 7) is 11.2. The number of nitrogens with zero attached hydrogens (tertiary/aromatic N) is 2. The van der Waals surface area contributed by atoms with Gasteiger partial charge in [-0.25, -0.2) is 8.42 Å². The van der Waals surface area contributed by atoms with E-state index in [1.54, 1.807) is 19.1 Å². The third-order valence-electron chi connectivity index (χ3n) is 5.60. The van der Waals surface area contributed by atoms with Gasteiger partial charge in [-0.3, -0.25) is 13.9 Å². The number of nitrogens with one attached hydrogen (secondary N) is 1.